The van der Waals surface area contributed by atoms with Crippen molar-refractivity contribution in [2.75, 3.05) is 25.1 Å². The Hall–Kier alpha value is -2.89. The molecular weight excluding hydrogens is 302 g/mol. The van der Waals surface area contributed by atoms with E-state index in [1.165, 1.54) is 11.1 Å². The van der Waals surface area contributed by atoms with Gasteiger partial charge in [-0.25, -0.2) is 0 Å². The van der Waals surface area contributed by atoms with Crippen molar-refractivity contribution in [2.45, 2.75) is 13.8 Å². The Balaban J connectivity index is 1.64. The first-order chi connectivity index (χ1) is 11.6. The molecule has 0 aliphatic carbocycles. The molecule has 0 aliphatic heterocycles. The number of anilines is 1. The normalized spacial score (nSPS) is 10.6. The standard InChI is InChI=1S/C18H21N5O/c1-14-11-15(2)13-17(12-14)24-10-9-22(3)18-19-20-21-23(18)16-7-5-4-6-8-16/h4-8,11-13H,9-10H2,1-3H3. The Kier molecular flexibility index (Phi) is 4.74. The summed E-state index contributed by atoms with van der Waals surface area (Å²) in [4.78, 5) is 1.98. The lowest BCUT2D eigenvalue weighted by Crippen LogP contribution is -2.26. The number of ether oxygens (including phenoxy) is 1. The van der Waals surface area contributed by atoms with E-state index in [0.29, 0.717) is 19.1 Å². The van der Waals surface area contributed by atoms with Gasteiger partial charge in [0.1, 0.15) is 12.4 Å². The summed E-state index contributed by atoms with van der Waals surface area (Å²) in [5.74, 6) is 1.58. The molecule has 0 atom stereocenters. The molecule has 0 saturated carbocycles. The van der Waals surface area contributed by atoms with Crippen molar-refractivity contribution in [3.05, 3.63) is 59.7 Å². The van der Waals surface area contributed by atoms with E-state index in [1.807, 2.05) is 54.4 Å². The number of para-hydroxylation sites is 1. The van der Waals surface area contributed by atoms with Gasteiger partial charge in [0.15, 0.2) is 0 Å². The third-order valence-corrected chi connectivity index (χ3v) is 3.69. The molecule has 0 N–H and O–H groups in total. The number of nitrogens with zero attached hydrogens (tertiary/aromatic N) is 5. The number of hydrogen-bond donors (Lipinski definition) is 0. The van der Waals surface area contributed by atoms with Gasteiger partial charge in [0.2, 0.25) is 5.95 Å². The second-order valence-electron chi connectivity index (χ2n) is 5.82. The second-order valence-corrected chi connectivity index (χ2v) is 5.82. The van der Waals surface area contributed by atoms with E-state index in [-0.39, 0.29) is 0 Å². The van der Waals surface area contributed by atoms with E-state index in [0.717, 1.165) is 11.4 Å². The largest absolute Gasteiger partial charge is 0.492 e. The van der Waals surface area contributed by atoms with Crippen LogP contribution in [0.2, 0.25) is 0 Å². The molecule has 24 heavy (non-hydrogen) atoms. The van der Waals surface area contributed by atoms with E-state index in [9.17, 15) is 0 Å². The predicted octanol–water partition coefficient (Wildman–Crippen LogP) is 2.79. The maximum atomic E-state index is 5.86. The SMILES string of the molecule is Cc1cc(C)cc(OCCN(C)c2nnnn2-c2ccccc2)c1. The summed E-state index contributed by atoms with van der Waals surface area (Å²) in [6.45, 7) is 5.38. The van der Waals surface area contributed by atoms with Crippen LogP contribution in [0.4, 0.5) is 5.95 Å². The summed E-state index contributed by atoms with van der Waals surface area (Å²) in [6.07, 6.45) is 0. The van der Waals surface area contributed by atoms with E-state index in [4.69, 9.17) is 4.74 Å². The summed E-state index contributed by atoms with van der Waals surface area (Å²) in [6, 6.07) is 16.1. The van der Waals surface area contributed by atoms with Crippen LogP contribution >= 0.6 is 0 Å². The average Bonchev–Trinajstić information content (AvgIpc) is 3.04. The van der Waals surface area contributed by atoms with Crippen molar-refractivity contribution in [1.82, 2.24) is 20.2 Å². The first-order valence-electron chi connectivity index (χ1n) is 7.89. The molecule has 2 aromatic carbocycles. The summed E-state index contributed by atoms with van der Waals surface area (Å²) in [5, 5.41) is 12.0. The third kappa shape index (κ3) is 3.71. The van der Waals surface area contributed by atoms with Gasteiger partial charge in [-0.1, -0.05) is 29.4 Å². The number of benzene rings is 2. The Labute approximate surface area is 141 Å². The van der Waals surface area contributed by atoms with Gasteiger partial charge in [-0.2, -0.15) is 4.68 Å². The monoisotopic (exact) mass is 323 g/mol. The van der Waals surface area contributed by atoms with E-state index in [1.54, 1.807) is 4.68 Å². The smallest absolute Gasteiger partial charge is 0.250 e. The van der Waals surface area contributed by atoms with Crippen LogP contribution in [0.25, 0.3) is 5.69 Å². The minimum absolute atomic E-state index is 0.557. The van der Waals surface area contributed by atoms with Crippen LogP contribution < -0.4 is 9.64 Å². The van der Waals surface area contributed by atoms with Gasteiger partial charge in [-0.05, 0) is 59.7 Å². The van der Waals surface area contributed by atoms with Crippen molar-refractivity contribution in [3.8, 4) is 11.4 Å². The Morgan fingerprint density at radius 2 is 1.75 bits per heavy atom. The molecule has 0 spiro atoms. The van der Waals surface area contributed by atoms with Crippen molar-refractivity contribution in [3.63, 3.8) is 0 Å². The topological polar surface area (TPSA) is 56.1 Å². The fourth-order valence-corrected chi connectivity index (χ4v) is 2.57. The first-order valence-corrected chi connectivity index (χ1v) is 7.89. The molecule has 0 fully saturated rings. The lowest BCUT2D eigenvalue weighted by molar-refractivity contribution is 0.324. The highest BCUT2D eigenvalue weighted by Gasteiger charge is 2.12. The molecule has 0 unspecified atom stereocenters. The summed E-state index contributed by atoms with van der Waals surface area (Å²) >= 11 is 0. The predicted molar refractivity (Wildman–Crippen MR) is 93.8 cm³/mol. The zero-order valence-electron chi connectivity index (χ0n) is 14.2. The Morgan fingerprint density at radius 1 is 1.04 bits per heavy atom. The molecule has 1 heterocycles. The van der Waals surface area contributed by atoms with Crippen LogP contribution in [-0.4, -0.2) is 40.4 Å². The number of rotatable bonds is 6. The molecule has 0 bridgehead atoms. The van der Waals surface area contributed by atoms with Gasteiger partial charge in [-0.3, -0.25) is 0 Å². The number of hydrogen-bond acceptors (Lipinski definition) is 5. The van der Waals surface area contributed by atoms with E-state index in [2.05, 4.69) is 35.4 Å². The van der Waals surface area contributed by atoms with Crippen LogP contribution in [0, 0.1) is 13.8 Å². The number of aryl methyl sites for hydroxylation is 2. The van der Waals surface area contributed by atoms with Crippen LogP contribution in [0.1, 0.15) is 11.1 Å². The van der Waals surface area contributed by atoms with Crippen LogP contribution in [-0.2, 0) is 0 Å². The van der Waals surface area contributed by atoms with Gasteiger partial charge in [0.25, 0.3) is 0 Å². The van der Waals surface area contributed by atoms with Crippen LogP contribution in [0.15, 0.2) is 48.5 Å². The van der Waals surface area contributed by atoms with Gasteiger partial charge in [0, 0.05) is 7.05 Å². The van der Waals surface area contributed by atoms with E-state index >= 15 is 0 Å². The number of tetrazole rings is 1. The minimum Gasteiger partial charge on any atom is -0.492 e. The highest BCUT2D eigenvalue weighted by atomic mass is 16.5. The van der Waals surface area contributed by atoms with Crippen LogP contribution in [0.5, 0.6) is 5.75 Å². The van der Waals surface area contributed by atoms with Gasteiger partial charge in [-0.15, -0.1) is 0 Å². The summed E-state index contributed by atoms with van der Waals surface area (Å²) in [5.41, 5.74) is 3.33. The molecule has 6 heteroatoms. The molecule has 0 saturated heterocycles. The van der Waals surface area contributed by atoms with Gasteiger partial charge < -0.3 is 9.64 Å². The summed E-state index contributed by atoms with van der Waals surface area (Å²) < 4.78 is 7.58. The van der Waals surface area contributed by atoms with Gasteiger partial charge >= 0.3 is 0 Å². The average molecular weight is 323 g/mol. The Morgan fingerprint density at radius 3 is 2.46 bits per heavy atom. The molecule has 0 aliphatic rings. The quantitative estimate of drug-likeness (QED) is 0.698. The molecule has 1 aromatic heterocycles. The van der Waals surface area contributed by atoms with Crippen LogP contribution in [0.3, 0.4) is 0 Å². The zero-order chi connectivity index (χ0) is 16.9. The molecule has 3 aromatic rings. The molecule has 3 rings (SSSR count). The second kappa shape index (κ2) is 7.12. The minimum atomic E-state index is 0.557. The first kappa shape index (κ1) is 16.0. The number of aromatic nitrogens is 4. The van der Waals surface area contributed by atoms with Crippen molar-refractivity contribution < 1.29 is 4.74 Å². The van der Waals surface area contributed by atoms with Gasteiger partial charge in [0.05, 0.1) is 12.2 Å². The third-order valence-electron chi connectivity index (χ3n) is 3.69. The zero-order valence-corrected chi connectivity index (χ0v) is 14.2. The highest BCUT2D eigenvalue weighted by molar-refractivity contribution is 5.40. The maximum Gasteiger partial charge on any atom is 0.250 e. The molecular formula is C18H21N5O. The molecule has 6 nitrogen and oxygen atoms in total. The molecule has 0 radical (unpaired) electrons. The lowest BCUT2D eigenvalue weighted by Gasteiger charge is -2.18. The summed E-state index contributed by atoms with van der Waals surface area (Å²) in [7, 11) is 1.95. The van der Waals surface area contributed by atoms with E-state index < -0.39 is 0 Å². The fraction of sp³-hybridized carbons (Fsp3) is 0.278. The maximum absolute atomic E-state index is 5.86. The lowest BCUT2D eigenvalue weighted by atomic mass is 10.1. The van der Waals surface area contributed by atoms with Crippen molar-refractivity contribution in [2.24, 2.45) is 0 Å². The number of likely N-dealkylation sites (N-methyl/N-ethyl adjacent to an activating group) is 1. The molecule has 124 valence electrons. The van der Waals surface area contributed by atoms with Crippen molar-refractivity contribution in [1.29, 1.82) is 0 Å². The molecule has 0 amide bonds. The highest BCUT2D eigenvalue weighted by Crippen LogP contribution is 2.17. The fourth-order valence-electron chi connectivity index (χ4n) is 2.57. The van der Waals surface area contributed by atoms with Crippen molar-refractivity contribution >= 4 is 5.95 Å². The Bertz CT molecular complexity index is 780.